The third-order valence-electron chi connectivity index (χ3n) is 5.37. The topological polar surface area (TPSA) is 93.1 Å². The van der Waals surface area contributed by atoms with Crippen LogP contribution in [0, 0.1) is 6.92 Å². The maximum Gasteiger partial charge on any atom is 0.273 e. The zero-order chi connectivity index (χ0) is 24.1. The molecule has 4 rings (SSSR count). The molecule has 7 heteroatoms. The number of aryl methyl sites for hydroxylation is 2. The molecule has 0 radical (unpaired) electrons. The van der Waals surface area contributed by atoms with E-state index in [0.29, 0.717) is 34.7 Å². The summed E-state index contributed by atoms with van der Waals surface area (Å²) in [6.07, 6.45) is 1.56. The lowest BCUT2D eigenvalue weighted by atomic mass is 9.99. The summed E-state index contributed by atoms with van der Waals surface area (Å²) < 4.78 is 1.58. The van der Waals surface area contributed by atoms with Crippen LogP contribution in [0.5, 0.6) is 0 Å². The number of benzene rings is 3. The van der Waals surface area contributed by atoms with Crippen molar-refractivity contribution < 1.29 is 14.4 Å². The van der Waals surface area contributed by atoms with E-state index in [1.165, 1.54) is 0 Å². The number of rotatable bonds is 7. The molecule has 0 aliphatic rings. The molecule has 0 spiro atoms. The molecule has 4 aromatic rings. The van der Waals surface area contributed by atoms with Crippen LogP contribution in [0.1, 0.15) is 49.3 Å². The molecule has 1 aromatic heterocycles. The number of nitrogens with zero attached hydrogens (tertiary/aromatic N) is 2. The molecule has 7 nitrogen and oxygen atoms in total. The molecule has 170 valence electrons. The van der Waals surface area contributed by atoms with Crippen molar-refractivity contribution in [2.24, 2.45) is 0 Å². The van der Waals surface area contributed by atoms with Crippen LogP contribution in [0.3, 0.4) is 0 Å². The number of carbonyl (C=O) groups is 3. The Bertz CT molecular complexity index is 1360. The molecule has 1 heterocycles. The van der Waals surface area contributed by atoms with E-state index in [1.54, 1.807) is 77.6 Å². The largest absolute Gasteiger partial charge is 0.321 e. The number of anilines is 2. The first-order valence-electron chi connectivity index (χ1n) is 10.9. The van der Waals surface area contributed by atoms with Gasteiger partial charge >= 0.3 is 0 Å². The van der Waals surface area contributed by atoms with Crippen molar-refractivity contribution >= 4 is 29.0 Å². The van der Waals surface area contributed by atoms with Gasteiger partial charge in [0.1, 0.15) is 5.69 Å². The number of nitrogens with one attached hydrogen (secondary N) is 2. The molecule has 0 fully saturated rings. The minimum Gasteiger partial charge on any atom is -0.321 e. The van der Waals surface area contributed by atoms with Gasteiger partial charge in [0.05, 0.1) is 16.9 Å². The van der Waals surface area contributed by atoms with Crippen molar-refractivity contribution in [1.82, 2.24) is 9.78 Å². The zero-order valence-corrected chi connectivity index (χ0v) is 18.9. The Hall–Kier alpha value is -4.52. The van der Waals surface area contributed by atoms with Crippen LogP contribution in [0.4, 0.5) is 11.4 Å². The number of carbonyl (C=O) groups excluding carboxylic acids is 3. The molecular formula is C27H24N4O3. The molecule has 0 aliphatic heterocycles. The lowest BCUT2D eigenvalue weighted by molar-refractivity contribution is 0.101. The minimum atomic E-state index is -0.439. The molecular weight excluding hydrogens is 428 g/mol. The molecule has 0 unspecified atom stereocenters. The van der Waals surface area contributed by atoms with Gasteiger partial charge in [-0.25, -0.2) is 0 Å². The SMILES string of the molecule is CCn1nccc1C(=O)Nc1ccccc1C(=O)Nc1ccc(C)cc1C(=O)c1ccccc1. The highest BCUT2D eigenvalue weighted by atomic mass is 16.2. The second kappa shape index (κ2) is 9.95. The molecule has 0 atom stereocenters. The minimum absolute atomic E-state index is 0.186. The number of hydrogen-bond acceptors (Lipinski definition) is 4. The fourth-order valence-electron chi connectivity index (χ4n) is 3.64. The molecule has 2 N–H and O–H groups in total. The average molecular weight is 453 g/mol. The third-order valence-corrected chi connectivity index (χ3v) is 5.37. The lowest BCUT2D eigenvalue weighted by Gasteiger charge is -2.14. The fourth-order valence-corrected chi connectivity index (χ4v) is 3.64. The van der Waals surface area contributed by atoms with Gasteiger partial charge in [-0.1, -0.05) is 54.1 Å². The standard InChI is InChI=1S/C27H24N4O3/c1-3-31-24(15-16-28-31)27(34)30-22-12-8-7-11-20(22)26(33)29-23-14-13-18(2)17-21(23)25(32)19-9-5-4-6-10-19/h4-17H,3H2,1-2H3,(H,29,33)(H,30,34). The monoisotopic (exact) mass is 452 g/mol. The zero-order valence-electron chi connectivity index (χ0n) is 18.9. The van der Waals surface area contributed by atoms with Gasteiger partial charge < -0.3 is 10.6 Å². The number of para-hydroxylation sites is 1. The summed E-state index contributed by atoms with van der Waals surface area (Å²) in [6.45, 7) is 4.32. The van der Waals surface area contributed by atoms with Crippen LogP contribution >= 0.6 is 0 Å². The van der Waals surface area contributed by atoms with E-state index in [9.17, 15) is 14.4 Å². The first-order valence-corrected chi connectivity index (χ1v) is 10.9. The Balaban J connectivity index is 1.61. The van der Waals surface area contributed by atoms with Crippen LogP contribution in [-0.2, 0) is 6.54 Å². The molecule has 34 heavy (non-hydrogen) atoms. The molecule has 0 saturated carbocycles. The van der Waals surface area contributed by atoms with Crippen molar-refractivity contribution in [3.63, 3.8) is 0 Å². The van der Waals surface area contributed by atoms with E-state index in [2.05, 4.69) is 15.7 Å². The van der Waals surface area contributed by atoms with Crippen molar-refractivity contribution in [3.8, 4) is 0 Å². The van der Waals surface area contributed by atoms with E-state index < -0.39 is 5.91 Å². The van der Waals surface area contributed by atoms with Crippen LogP contribution in [-0.4, -0.2) is 27.4 Å². The van der Waals surface area contributed by atoms with Gasteiger partial charge in [0.25, 0.3) is 11.8 Å². The average Bonchev–Trinajstić information content (AvgIpc) is 3.35. The summed E-state index contributed by atoms with van der Waals surface area (Å²) in [4.78, 5) is 39.1. The van der Waals surface area contributed by atoms with Gasteiger partial charge in [0.2, 0.25) is 0 Å². The van der Waals surface area contributed by atoms with Crippen molar-refractivity contribution in [2.45, 2.75) is 20.4 Å². The van der Waals surface area contributed by atoms with E-state index >= 15 is 0 Å². The van der Waals surface area contributed by atoms with Gasteiger partial charge in [-0.2, -0.15) is 5.10 Å². The van der Waals surface area contributed by atoms with Gasteiger partial charge in [0, 0.05) is 23.9 Å². The van der Waals surface area contributed by atoms with Gasteiger partial charge in [-0.05, 0) is 44.2 Å². The summed E-state index contributed by atoms with van der Waals surface area (Å²) >= 11 is 0. The quantitative estimate of drug-likeness (QED) is 0.388. The third kappa shape index (κ3) is 4.78. The summed E-state index contributed by atoms with van der Waals surface area (Å²) in [5.41, 5.74) is 3.25. The predicted molar refractivity (Wildman–Crippen MR) is 131 cm³/mol. The summed E-state index contributed by atoms with van der Waals surface area (Å²) in [5, 5.41) is 9.76. The van der Waals surface area contributed by atoms with Gasteiger partial charge in [-0.15, -0.1) is 0 Å². The smallest absolute Gasteiger partial charge is 0.273 e. The summed E-state index contributed by atoms with van der Waals surface area (Å²) in [7, 11) is 0. The highest BCUT2D eigenvalue weighted by Gasteiger charge is 2.19. The number of amides is 2. The van der Waals surface area contributed by atoms with E-state index in [0.717, 1.165) is 5.56 Å². The normalized spacial score (nSPS) is 10.5. The maximum absolute atomic E-state index is 13.2. The second-order valence-corrected chi connectivity index (χ2v) is 7.73. The Morgan fingerprint density at radius 1 is 0.794 bits per heavy atom. The highest BCUT2D eigenvalue weighted by Crippen LogP contribution is 2.24. The Labute approximate surface area is 197 Å². The predicted octanol–water partition coefficient (Wildman–Crippen LogP) is 4.95. The van der Waals surface area contributed by atoms with Crippen LogP contribution < -0.4 is 10.6 Å². The first kappa shape index (κ1) is 22.7. The Morgan fingerprint density at radius 3 is 2.24 bits per heavy atom. The number of hydrogen-bond donors (Lipinski definition) is 2. The van der Waals surface area contributed by atoms with Crippen LogP contribution in [0.15, 0.2) is 85.1 Å². The second-order valence-electron chi connectivity index (χ2n) is 7.73. The summed E-state index contributed by atoms with van der Waals surface area (Å²) in [6, 6.07) is 22.6. The van der Waals surface area contributed by atoms with Crippen LogP contribution in [0.2, 0.25) is 0 Å². The van der Waals surface area contributed by atoms with E-state index in [1.807, 2.05) is 26.0 Å². The highest BCUT2D eigenvalue weighted by molar-refractivity contribution is 6.17. The molecule has 0 bridgehead atoms. The van der Waals surface area contributed by atoms with Crippen molar-refractivity contribution in [3.05, 3.63) is 113 Å². The Morgan fingerprint density at radius 2 is 1.47 bits per heavy atom. The van der Waals surface area contributed by atoms with Crippen LogP contribution in [0.25, 0.3) is 0 Å². The molecule has 0 aliphatic carbocycles. The number of ketones is 1. The molecule has 3 aromatic carbocycles. The molecule has 0 saturated heterocycles. The Kier molecular flexibility index (Phi) is 6.64. The lowest BCUT2D eigenvalue weighted by Crippen LogP contribution is -2.21. The van der Waals surface area contributed by atoms with Crippen molar-refractivity contribution in [2.75, 3.05) is 10.6 Å². The maximum atomic E-state index is 13.2. The summed E-state index contributed by atoms with van der Waals surface area (Å²) in [5.74, 6) is -0.991. The fraction of sp³-hybridized carbons (Fsp3) is 0.111. The van der Waals surface area contributed by atoms with Crippen molar-refractivity contribution in [1.29, 1.82) is 0 Å². The van der Waals surface area contributed by atoms with E-state index in [4.69, 9.17) is 0 Å². The number of aromatic nitrogens is 2. The first-order chi connectivity index (χ1) is 16.5. The molecule has 2 amide bonds. The van der Waals surface area contributed by atoms with Gasteiger partial charge in [-0.3, -0.25) is 19.1 Å². The van der Waals surface area contributed by atoms with E-state index in [-0.39, 0.29) is 17.3 Å². The van der Waals surface area contributed by atoms with Gasteiger partial charge in [0.15, 0.2) is 5.78 Å².